The highest BCUT2D eigenvalue weighted by Crippen LogP contribution is 2.18. The number of carbonyl (C=O) groups is 1. The first-order valence-corrected chi connectivity index (χ1v) is 9.44. The molecule has 0 saturated carbocycles. The quantitative estimate of drug-likeness (QED) is 0.561. The van der Waals surface area contributed by atoms with Crippen LogP contribution in [0.25, 0.3) is 5.69 Å². The normalized spacial score (nSPS) is 14.5. The van der Waals surface area contributed by atoms with E-state index in [1.165, 1.54) is 0 Å². The molecule has 0 spiro atoms. The van der Waals surface area contributed by atoms with Crippen molar-refractivity contribution in [2.24, 2.45) is 0 Å². The molecule has 4 rings (SSSR count). The number of anilines is 1. The first-order valence-electron chi connectivity index (χ1n) is 8.36. The number of halogens is 1. The Morgan fingerprint density at radius 2 is 1.73 bits per heavy atom. The molecular formula is C18H17IN6O. The summed E-state index contributed by atoms with van der Waals surface area (Å²) in [5, 5.41) is 12.1. The van der Waals surface area contributed by atoms with Crippen LogP contribution in [-0.2, 0) is 0 Å². The lowest BCUT2D eigenvalue weighted by molar-refractivity contribution is 0.0746. The highest BCUT2D eigenvalue weighted by molar-refractivity contribution is 14.1. The molecule has 132 valence electrons. The highest BCUT2D eigenvalue weighted by Gasteiger charge is 2.25. The van der Waals surface area contributed by atoms with Gasteiger partial charge in [0.05, 0.1) is 5.69 Å². The van der Waals surface area contributed by atoms with Crippen LogP contribution >= 0.6 is 22.6 Å². The van der Waals surface area contributed by atoms with Gasteiger partial charge in [-0.25, -0.2) is 0 Å². The predicted molar refractivity (Wildman–Crippen MR) is 106 cm³/mol. The van der Waals surface area contributed by atoms with E-state index in [1.807, 2.05) is 59.5 Å². The van der Waals surface area contributed by atoms with Crippen LogP contribution in [0, 0.1) is 3.57 Å². The molecule has 0 bridgehead atoms. The van der Waals surface area contributed by atoms with Crippen LogP contribution in [0.15, 0.2) is 54.6 Å². The summed E-state index contributed by atoms with van der Waals surface area (Å²) < 4.78 is 2.80. The molecule has 1 aromatic heterocycles. The van der Waals surface area contributed by atoms with Crippen molar-refractivity contribution in [1.82, 2.24) is 25.1 Å². The van der Waals surface area contributed by atoms with Crippen LogP contribution in [0.5, 0.6) is 0 Å². The van der Waals surface area contributed by atoms with Crippen molar-refractivity contribution in [3.8, 4) is 5.69 Å². The summed E-state index contributed by atoms with van der Waals surface area (Å²) in [4.78, 5) is 16.7. The highest BCUT2D eigenvalue weighted by atomic mass is 127. The third-order valence-corrected chi connectivity index (χ3v) is 5.05. The minimum atomic E-state index is 0.0748. The number of aromatic nitrogens is 4. The minimum absolute atomic E-state index is 0.0748. The summed E-state index contributed by atoms with van der Waals surface area (Å²) >= 11 is 2.23. The molecule has 26 heavy (non-hydrogen) atoms. The fourth-order valence-electron chi connectivity index (χ4n) is 3.03. The largest absolute Gasteiger partial charge is 0.336 e. The van der Waals surface area contributed by atoms with Crippen LogP contribution in [-0.4, -0.2) is 57.2 Å². The van der Waals surface area contributed by atoms with Gasteiger partial charge in [-0.15, -0.1) is 0 Å². The van der Waals surface area contributed by atoms with Crippen molar-refractivity contribution in [3.63, 3.8) is 0 Å². The SMILES string of the molecule is O=C(c1cccc(I)c1)N1CCN(c2nnnn2-c2ccccc2)CC1. The fourth-order valence-corrected chi connectivity index (χ4v) is 3.57. The third kappa shape index (κ3) is 3.41. The van der Waals surface area contributed by atoms with E-state index >= 15 is 0 Å². The van der Waals surface area contributed by atoms with Crippen LogP contribution in [0.4, 0.5) is 5.95 Å². The standard InChI is InChI=1S/C18H17IN6O/c19-15-6-4-5-14(13-15)17(26)23-9-11-24(12-10-23)18-20-21-22-25(18)16-7-2-1-3-8-16/h1-8,13H,9-12H2. The van der Waals surface area contributed by atoms with Crippen LogP contribution in [0.2, 0.25) is 0 Å². The predicted octanol–water partition coefficient (Wildman–Crippen LogP) is 2.23. The maximum absolute atomic E-state index is 12.7. The molecule has 1 saturated heterocycles. The number of hydrogen-bond donors (Lipinski definition) is 0. The van der Waals surface area contributed by atoms with Crippen molar-refractivity contribution in [2.75, 3.05) is 31.1 Å². The van der Waals surface area contributed by atoms with E-state index in [0.29, 0.717) is 32.1 Å². The lowest BCUT2D eigenvalue weighted by atomic mass is 10.2. The molecule has 0 N–H and O–H groups in total. The smallest absolute Gasteiger partial charge is 0.254 e. The second kappa shape index (κ2) is 7.40. The maximum Gasteiger partial charge on any atom is 0.254 e. The number of rotatable bonds is 3. The first kappa shape index (κ1) is 17.0. The molecule has 0 unspecified atom stereocenters. The maximum atomic E-state index is 12.7. The van der Waals surface area contributed by atoms with E-state index in [-0.39, 0.29) is 5.91 Å². The van der Waals surface area contributed by atoms with Gasteiger partial charge in [0.1, 0.15) is 0 Å². The molecule has 2 heterocycles. The number of piperazine rings is 1. The van der Waals surface area contributed by atoms with Gasteiger partial charge in [-0.3, -0.25) is 4.79 Å². The molecule has 1 amide bonds. The number of carbonyl (C=O) groups excluding carboxylic acids is 1. The Balaban J connectivity index is 1.46. The topological polar surface area (TPSA) is 67.2 Å². The third-order valence-electron chi connectivity index (χ3n) is 4.38. The summed E-state index contributed by atoms with van der Waals surface area (Å²) in [6.07, 6.45) is 0. The summed E-state index contributed by atoms with van der Waals surface area (Å²) in [5.74, 6) is 0.781. The van der Waals surface area contributed by atoms with E-state index in [4.69, 9.17) is 0 Å². The van der Waals surface area contributed by atoms with E-state index in [1.54, 1.807) is 4.68 Å². The summed E-state index contributed by atoms with van der Waals surface area (Å²) in [6.45, 7) is 2.68. The second-order valence-electron chi connectivity index (χ2n) is 6.02. The van der Waals surface area contributed by atoms with E-state index in [0.717, 1.165) is 14.8 Å². The Kier molecular flexibility index (Phi) is 4.83. The van der Waals surface area contributed by atoms with Crippen molar-refractivity contribution >= 4 is 34.4 Å². The number of amides is 1. The van der Waals surface area contributed by atoms with Crippen LogP contribution in [0.1, 0.15) is 10.4 Å². The van der Waals surface area contributed by atoms with Gasteiger partial charge in [-0.1, -0.05) is 29.4 Å². The molecule has 0 radical (unpaired) electrons. The molecule has 3 aromatic rings. The monoisotopic (exact) mass is 460 g/mol. The molecule has 2 aromatic carbocycles. The average Bonchev–Trinajstić information content (AvgIpc) is 3.18. The molecule has 0 aliphatic carbocycles. The van der Waals surface area contributed by atoms with Crippen molar-refractivity contribution in [3.05, 3.63) is 63.7 Å². The van der Waals surface area contributed by atoms with Gasteiger partial charge in [0.15, 0.2) is 0 Å². The van der Waals surface area contributed by atoms with E-state index < -0.39 is 0 Å². The van der Waals surface area contributed by atoms with Crippen molar-refractivity contribution < 1.29 is 4.79 Å². The van der Waals surface area contributed by atoms with Gasteiger partial charge >= 0.3 is 0 Å². The Hall–Kier alpha value is -2.49. The molecule has 1 aliphatic rings. The van der Waals surface area contributed by atoms with Gasteiger partial charge in [0.25, 0.3) is 5.91 Å². The number of benzene rings is 2. The molecular weight excluding hydrogens is 443 g/mol. The number of para-hydroxylation sites is 1. The summed E-state index contributed by atoms with van der Waals surface area (Å²) in [5.41, 5.74) is 1.66. The summed E-state index contributed by atoms with van der Waals surface area (Å²) in [6, 6.07) is 17.5. The van der Waals surface area contributed by atoms with E-state index in [2.05, 4.69) is 43.0 Å². The fraction of sp³-hybridized carbons (Fsp3) is 0.222. The van der Waals surface area contributed by atoms with Crippen molar-refractivity contribution in [2.45, 2.75) is 0 Å². The zero-order valence-corrected chi connectivity index (χ0v) is 16.2. The van der Waals surface area contributed by atoms with Crippen molar-refractivity contribution in [1.29, 1.82) is 0 Å². The molecule has 0 atom stereocenters. The lowest BCUT2D eigenvalue weighted by Gasteiger charge is -2.34. The molecule has 8 heteroatoms. The molecule has 7 nitrogen and oxygen atoms in total. The Morgan fingerprint density at radius 3 is 2.46 bits per heavy atom. The number of hydrogen-bond acceptors (Lipinski definition) is 5. The van der Waals surface area contributed by atoms with Gasteiger partial charge in [0, 0.05) is 35.3 Å². The number of nitrogens with zero attached hydrogens (tertiary/aromatic N) is 6. The van der Waals surface area contributed by atoms with Gasteiger partial charge in [0.2, 0.25) is 5.95 Å². The number of tetrazole rings is 1. The lowest BCUT2D eigenvalue weighted by Crippen LogP contribution is -2.49. The minimum Gasteiger partial charge on any atom is -0.336 e. The van der Waals surface area contributed by atoms with E-state index in [9.17, 15) is 4.79 Å². The summed E-state index contributed by atoms with van der Waals surface area (Å²) in [7, 11) is 0. The zero-order chi connectivity index (χ0) is 17.9. The second-order valence-corrected chi connectivity index (χ2v) is 7.26. The molecule has 1 aliphatic heterocycles. The van der Waals surface area contributed by atoms with Crippen LogP contribution < -0.4 is 4.90 Å². The zero-order valence-electron chi connectivity index (χ0n) is 14.0. The average molecular weight is 460 g/mol. The first-order chi connectivity index (χ1) is 12.7. The van der Waals surface area contributed by atoms with Gasteiger partial charge in [-0.05, 0) is 63.3 Å². The Bertz CT molecular complexity index is 905. The Morgan fingerprint density at radius 1 is 0.962 bits per heavy atom. The Labute approximate surface area is 164 Å². The molecule has 1 fully saturated rings. The van der Waals surface area contributed by atoms with Gasteiger partial charge in [-0.2, -0.15) is 4.68 Å². The van der Waals surface area contributed by atoms with Crippen LogP contribution in [0.3, 0.4) is 0 Å². The van der Waals surface area contributed by atoms with Gasteiger partial charge < -0.3 is 9.80 Å².